The first-order valence-electron chi connectivity index (χ1n) is 10.8. The van der Waals surface area contributed by atoms with Gasteiger partial charge in [-0.1, -0.05) is 13.8 Å². The van der Waals surface area contributed by atoms with Crippen LogP contribution in [0.15, 0.2) is 24.3 Å². The van der Waals surface area contributed by atoms with Crippen LogP contribution in [-0.2, 0) is 0 Å². The van der Waals surface area contributed by atoms with Gasteiger partial charge in [0.1, 0.15) is 5.82 Å². The predicted octanol–water partition coefficient (Wildman–Crippen LogP) is 2.37. The summed E-state index contributed by atoms with van der Waals surface area (Å²) in [5.74, 6) is -0.723. The SMILES string of the molecule is CC(C)c1nc(N(C)S(C)(O)O)nc(-c2ccc(F)cc2)c1C(O)C[C@@H](O)C[C@@H](O)CC(O)O. The van der Waals surface area contributed by atoms with E-state index in [1.807, 2.05) is 13.8 Å². The normalized spacial score (nSPS) is 15.5. The Bertz CT molecular complexity index is 941. The molecular weight excluding hydrogens is 469 g/mol. The summed E-state index contributed by atoms with van der Waals surface area (Å²) in [6.45, 7) is 3.65. The van der Waals surface area contributed by atoms with Crippen LogP contribution in [0.25, 0.3) is 11.3 Å². The maximum atomic E-state index is 13.6. The van der Waals surface area contributed by atoms with Crippen molar-refractivity contribution in [3.8, 4) is 11.3 Å². The number of nitrogens with zero attached hydrogens (tertiary/aromatic N) is 3. The second kappa shape index (κ2) is 11.7. The van der Waals surface area contributed by atoms with Crippen LogP contribution < -0.4 is 4.31 Å². The topological polar surface area (TPSA) is 171 Å². The van der Waals surface area contributed by atoms with Crippen LogP contribution in [0.2, 0.25) is 0 Å². The van der Waals surface area contributed by atoms with E-state index in [1.165, 1.54) is 37.6 Å². The molecule has 0 aliphatic carbocycles. The van der Waals surface area contributed by atoms with Crippen molar-refractivity contribution in [1.29, 1.82) is 0 Å². The smallest absolute Gasteiger partial charge is 0.244 e. The molecule has 7 N–H and O–H groups in total. The summed E-state index contributed by atoms with van der Waals surface area (Å²) < 4.78 is 34.9. The first kappa shape index (κ1) is 28.3. The highest BCUT2D eigenvalue weighted by Gasteiger charge is 2.29. The lowest BCUT2D eigenvalue weighted by Gasteiger charge is -2.37. The Kier molecular flexibility index (Phi) is 9.74. The molecule has 10 nitrogen and oxygen atoms in total. The average molecular weight is 504 g/mol. The van der Waals surface area contributed by atoms with Crippen LogP contribution in [0.1, 0.15) is 56.4 Å². The van der Waals surface area contributed by atoms with E-state index < -0.39 is 41.2 Å². The third kappa shape index (κ3) is 7.55. The molecule has 3 atom stereocenters. The van der Waals surface area contributed by atoms with Crippen LogP contribution in [0.3, 0.4) is 0 Å². The first-order valence-corrected chi connectivity index (χ1v) is 12.7. The Morgan fingerprint density at radius 3 is 1.97 bits per heavy atom. The number of anilines is 1. The number of benzene rings is 1. The van der Waals surface area contributed by atoms with E-state index in [1.54, 1.807) is 0 Å². The number of hydrogen-bond donors (Lipinski definition) is 7. The van der Waals surface area contributed by atoms with E-state index in [-0.39, 0.29) is 42.4 Å². The van der Waals surface area contributed by atoms with E-state index in [4.69, 9.17) is 10.2 Å². The molecule has 0 amide bonds. The molecular formula is C22H34FN3O7S. The van der Waals surface area contributed by atoms with Crippen molar-refractivity contribution >= 4 is 16.7 Å². The summed E-state index contributed by atoms with van der Waals surface area (Å²) in [6.07, 6.45) is -4.94. The van der Waals surface area contributed by atoms with Crippen molar-refractivity contribution in [3.05, 3.63) is 41.3 Å². The van der Waals surface area contributed by atoms with Gasteiger partial charge in [-0.2, -0.15) is 0 Å². The molecule has 1 aromatic carbocycles. The molecule has 0 radical (unpaired) electrons. The molecule has 192 valence electrons. The Balaban J connectivity index is 2.56. The zero-order valence-corrected chi connectivity index (χ0v) is 20.4. The summed E-state index contributed by atoms with van der Waals surface area (Å²) in [6, 6.07) is 5.39. The summed E-state index contributed by atoms with van der Waals surface area (Å²) in [5.41, 5.74) is 1.35. The summed E-state index contributed by atoms with van der Waals surface area (Å²) in [7, 11) is -1.79. The minimum Gasteiger partial charge on any atom is -0.393 e. The summed E-state index contributed by atoms with van der Waals surface area (Å²) in [4.78, 5) is 8.90. The molecule has 1 unspecified atom stereocenters. The minimum atomic E-state index is -3.20. The average Bonchev–Trinajstić information content (AvgIpc) is 2.71. The molecule has 0 spiro atoms. The van der Waals surface area contributed by atoms with Gasteiger partial charge in [-0.05, 0) is 36.6 Å². The van der Waals surface area contributed by atoms with Crippen LogP contribution in [-0.4, -0.2) is 76.4 Å². The van der Waals surface area contributed by atoms with Gasteiger partial charge in [-0.25, -0.2) is 18.7 Å². The molecule has 0 saturated carbocycles. The molecule has 0 bridgehead atoms. The van der Waals surface area contributed by atoms with E-state index in [0.29, 0.717) is 11.3 Å². The largest absolute Gasteiger partial charge is 0.393 e. The molecule has 0 aliphatic rings. The third-order valence-corrected chi connectivity index (χ3v) is 6.48. The van der Waals surface area contributed by atoms with Crippen LogP contribution in [0, 0.1) is 5.82 Å². The molecule has 0 fully saturated rings. The molecule has 2 rings (SSSR count). The predicted molar refractivity (Wildman–Crippen MR) is 128 cm³/mol. The van der Waals surface area contributed by atoms with Crippen LogP contribution >= 0.6 is 10.8 Å². The lowest BCUT2D eigenvalue weighted by molar-refractivity contribution is -0.0769. The maximum Gasteiger partial charge on any atom is 0.244 e. The Labute approximate surface area is 199 Å². The van der Waals surface area contributed by atoms with Crippen molar-refractivity contribution in [1.82, 2.24) is 9.97 Å². The lowest BCUT2D eigenvalue weighted by Crippen LogP contribution is -2.26. The van der Waals surface area contributed by atoms with Gasteiger partial charge in [0.05, 0.1) is 29.7 Å². The van der Waals surface area contributed by atoms with Crippen molar-refractivity contribution in [2.24, 2.45) is 0 Å². The van der Waals surface area contributed by atoms with Gasteiger partial charge in [0.25, 0.3) is 0 Å². The molecule has 2 aromatic rings. The molecule has 0 aliphatic heterocycles. The van der Waals surface area contributed by atoms with E-state index in [9.17, 15) is 28.8 Å². The zero-order chi connectivity index (χ0) is 25.8. The second-order valence-electron chi connectivity index (χ2n) is 8.63. The Hall–Kier alpha value is -1.90. The van der Waals surface area contributed by atoms with E-state index in [0.717, 1.165) is 4.31 Å². The fourth-order valence-corrected chi connectivity index (χ4v) is 3.88. The number of hydrogen-bond acceptors (Lipinski definition) is 10. The monoisotopic (exact) mass is 503 g/mol. The highest BCUT2D eigenvalue weighted by Crippen LogP contribution is 2.42. The highest BCUT2D eigenvalue weighted by atomic mass is 32.3. The van der Waals surface area contributed by atoms with Crippen molar-refractivity contribution in [2.75, 3.05) is 17.6 Å². The molecule has 0 saturated heterocycles. The first-order chi connectivity index (χ1) is 15.7. The molecule has 12 heteroatoms. The lowest BCUT2D eigenvalue weighted by atomic mass is 9.91. The standard InChI is InChI=1S/C22H34FN3O7S/c1-12(2)20-19(17(29)10-15(27)9-16(28)11-18(30)31)21(13-5-7-14(23)8-6-13)25-22(24-20)26(3)34(4,32)33/h5-8,12,15-18,27-33H,9-11H2,1-4H3/t15-,16+,17?/m0/s1. The van der Waals surface area contributed by atoms with Crippen molar-refractivity contribution < 1.29 is 39.0 Å². The van der Waals surface area contributed by atoms with Gasteiger partial charge in [0.2, 0.25) is 5.95 Å². The minimum absolute atomic E-state index is 0.00520. The second-order valence-corrected chi connectivity index (χ2v) is 10.8. The summed E-state index contributed by atoms with van der Waals surface area (Å²) in [5, 5.41) is 49.3. The van der Waals surface area contributed by atoms with Gasteiger partial charge in [0, 0.05) is 37.3 Å². The molecule has 1 heterocycles. The van der Waals surface area contributed by atoms with Crippen molar-refractivity contribution in [2.45, 2.75) is 63.6 Å². The number of aliphatic hydroxyl groups is 5. The number of aromatic nitrogens is 2. The quantitative estimate of drug-likeness (QED) is 0.226. The van der Waals surface area contributed by atoms with Crippen LogP contribution in [0.5, 0.6) is 0 Å². The Morgan fingerprint density at radius 2 is 1.47 bits per heavy atom. The third-order valence-electron chi connectivity index (χ3n) is 5.28. The number of halogens is 1. The zero-order valence-electron chi connectivity index (χ0n) is 19.6. The van der Waals surface area contributed by atoms with Gasteiger partial charge < -0.3 is 25.5 Å². The Morgan fingerprint density at radius 1 is 0.912 bits per heavy atom. The van der Waals surface area contributed by atoms with Gasteiger partial charge in [-0.15, -0.1) is 10.8 Å². The van der Waals surface area contributed by atoms with Gasteiger partial charge in [-0.3, -0.25) is 9.11 Å². The maximum absolute atomic E-state index is 13.6. The summed E-state index contributed by atoms with van der Waals surface area (Å²) >= 11 is 0. The molecule has 1 aromatic heterocycles. The van der Waals surface area contributed by atoms with Crippen LogP contribution in [0.4, 0.5) is 10.3 Å². The van der Waals surface area contributed by atoms with Crippen molar-refractivity contribution in [3.63, 3.8) is 0 Å². The van der Waals surface area contributed by atoms with E-state index >= 15 is 0 Å². The fraction of sp³-hybridized carbons (Fsp3) is 0.545. The number of aliphatic hydroxyl groups excluding tert-OH is 4. The van der Waals surface area contributed by atoms with Gasteiger partial charge >= 0.3 is 0 Å². The van der Waals surface area contributed by atoms with Gasteiger partial charge in [0.15, 0.2) is 6.29 Å². The highest BCUT2D eigenvalue weighted by molar-refractivity contribution is 8.24. The fourth-order valence-electron chi connectivity index (χ4n) is 3.49. The molecule has 34 heavy (non-hydrogen) atoms. The van der Waals surface area contributed by atoms with E-state index in [2.05, 4.69) is 9.97 Å². The number of rotatable bonds is 11.